The van der Waals surface area contributed by atoms with Crippen LogP contribution < -0.4 is 11.5 Å². The minimum atomic E-state index is -4.67. The van der Waals surface area contributed by atoms with Crippen LogP contribution in [-0.2, 0) is 10.4 Å². The molecular formula is C3H12N2O4S. The van der Waals surface area contributed by atoms with Crippen LogP contribution in [0.15, 0.2) is 0 Å². The van der Waals surface area contributed by atoms with Gasteiger partial charge in [-0.05, 0) is 6.92 Å². The van der Waals surface area contributed by atoms with E-state index in [-0.39, 0.29) is 6.04 Å². The first-order valence-electron chi connectivity index (χ1n) is 2.43. The second-order valence-corrected chi connectivity index (χ2v) is 2.56. The predicted molar refractivity (Wildman–Crippen MR) is 36.9 cm³/mol. The molecule has 0 aliphatic carbocycles. The Bertz CT molecular complexity index is 144. The monoisotopic (exact) mass is 172 g/mol. The van der Waals surface area contributed by atoms with Gasteiger partial charge in [-0.2, -0.15) is 8.42 Å². The summed E-state index contributed by atoms with van der Waals surface area (Å²) in [6.07, 6.45) is 0. The van der Waals surface area contributed by atoms with Crippen molar-refractivity contribution in [2.45, 2.75) is 13.0 Å². The van der Waals surface area contributed by atoms with E-state index in [1.807, 2.05) is 6.92 Å². The molecule has 0 aliphatic rings. The Morgan fingerprint density at radius 3 is 1.60 bits per heavy atom. The Morgan fingerprint density at radius 1 is 1.50 bits per heavy atom. The summed E-state index contributed by atoms with van der Waals surface area (Å²) >= 11 is 0. The van der Waals surface area contributed by atoms with E-state index in [9.17, 15) is 0 Å². The summed E-state index contributed by atoms with van der Waals surface area (Å²) in [5.74, 6) is 0. The fourth-order valence-corrected chi connectivity index (χ4v) is 0. The first-order chi connectivity index (χ1) is 4.27. The molecule has 0 unspecified atom stereocenters. The molecule has 0 aromatic carbocycles. The predicted octanol–water partition coefficient (Wildman–Crippen LogP) is -1.36. The molecule has 0 rings (SSSR count). The van der Waals surface area contributed by atoms with Crippen molar-refractivity contribution in [2.24, 2.45) is 11.5 Å². The van der Waals surface area contributed by atoms with Gasteiger partial charge in [-0.25, -0.2) is 0 Å². The van der Waals surface area contributed by atoms with Gasteiger partial charge in [0.05, 0.1) is 0 Å². The van der Waals surface area contributed by atoms with E-state index in [1.54, 1.807) is 0 Å². The van der Waals surface area contributed by atoms with E-state index >= 15 is 0 Å². The van der Waals surface area contributed by atoms with E-state index in [1.165, 1.54) is 0 Å². The quantitative estimate of drug-likeness (QED) is 0.362. The lowest BCUT2D eigenvalue weighted by molar-refractivity contribution is 0.381. The van der Waals surface area contributed by atoms with Gasteiger partial charge in [0, 0.05) is 12.6 Å². The second kappa shape index (κ2) is 5.57. The molecular weight excluding hydrogens is 160 g/mol. The van der Waals surface area contributed by atoms with Crippen LogP contribution in [0.4, 0.5) is 0 Å². The highest BCUT2D eigenvalue weighted by atomic mass is 32.3. The van der Waals surface area contributed by atoms with Gasteiger partial charge < -0.3 is 11.5 Å². The topological polar surface area (TPSA) is 127 Å². The first-order valence-corrected chi connectivity index (χ1v) is 3.82. The van der Waals surface area contributed by atoms with E-state index in [0.717, 1.165) is 0 Å². The fourth-order valence-electron chi connectivity index (χ4n) is 0. The Balaban J connectivity index is 0. The second-order valence-electron chi connectivity index (χ2n) is 1.66. The van der Waals surface area contributed by atoms with Gasteiger partial charge in [0.1, 0.15) is 0 Å². The molecule has 0 saturated heterocycles. The molecule has 6 N–H and O–H groups in total. The van der Waals surface area contributed by atoms with Crippen molar-refractivity contribution >= 4 is 10.4 Å². The van der Waals surface area contributed by atoms with Crippen molar-refractivity contribution in [1.82, 2.24) is 0 Å². The van der Waals surface area contributed by atoms with Crippen LogP contribution in [0.2, 0.25) is 0 Å². The summed E-state index contributed by atoms with van der Waals surface area (Å²) in [5, 5.41) is 0. The molecule has 0 heterocycles. The lowest BCUT2D eigenvalue weighted by Gasteiger charge is -1.92. The molecule has 0 aromatic rings. The van der Waals surface area contributed by atoms with Crippen LogP contribution in [0.25, 0.3) is 0 Å². The van der Waals surface area contributed by atoms with Gasteiger partial charge in [0.25, 0.3) is 0 Å². The van der Waals surface area contributed by atoms with Crippen molar-refractivity contribution < 1.29 is 17.5 Å². The minimum Gasteiger partial charge on any atom is -0.329 e. The summed E-state index contributed by atoms with van der Waals surface area (Å²) in [7, 11) is -4.67. The molecule has 6 nitrogen and oxygen atoms in total. The number of rotatable bonds is 1. The number of hydrogen-bond acceptors (Lipinski definition) is 4. The summed E-state index contributed by atoms with van der Waals surface area (Å²) < 4.78 is 31.6. The van der Waals surface area contributed by atoms with Gasteiger partial charge in [0.2, 0.25) is 0 Å². The third kappa shape index (κ3) is 112. The zero-order chi connectivity index (χ0) is 8.78. The maximum Gasteiger partial charge on any atom is 0.394 e. The largest absolute Gasteiger partial charge is 0.394 e. The average molecular weight is 172 g/mol. The van der Waals surface area contributed by atoms with Gasteiger partial charge >= 0.3 is 10.4 Å². The lowest BCUT2D eigenvalue weighted by Crippen LogP contribution is -2.25. The van der Waals surface area contributed by atoms with Crippen molar-refractivity contribution in [1.29, 1.82) is 0 Å². The highest BCUT2D eigenvalue weighted by Crippen LogP contribution is 1.59. The van der Waals surface area contributed by atoms with Gasteiger partial charge in [-0.3, -0.25) is 9.11 Å². The van der Waals surface area contributed by atoms with Crippen LogP contribution >= 0.6 is 0 Å². The van der Waals surface area contributed by atoms with E-state index in [2.05, 4.69) is 0 Å². The van der Waals surface area contributed by atoms with Crippen LogP contribution in [0, 0.1) is 0 Å². The Labute approximate surface area is 59.8 Å². The molecule has 1 atom stereocenters. The van der Waals surface area contributed by atoms with Crippen LogP contribution in [0.5, 0.6) is 0 Å². The highest BCUT2D eigenvalue weighted by molar-refractivity contribution is 7.79. The molecule has 0 aromatic heterocycles. The molecule has 0 aliphatic heterocycles. The van der Waals surface area contributed by atoms with Crippen LogP contribution in [0.3, 0.4) is 0 Å². The molecule has 7 heteroatoms. The molecule has 0 bridgehead atoms. The van der Waals surface area contributed by atoms with Crippen molar-refractivity contribution in [3.8, 4) is 0 Å². The van der Waals surface area contributed by atoms with E-state index < -0.39 is 10.4 Å². The normalized spacial score (nSPS) is 13.3. The first kappa shape index (κ1) is 12.5. The molecule has 10 heavy (non-hydrogen) atoms. The lowest BCUT2D eigenvalue weighted by atomic mass is 10.4. The minimum absolute atomic E-state index is 0.162. The smallest absolute Gasteiger partial charge is 0.329 e. The van der Waals surface area contributed by atoms with Gasteiger partial charge in [-0.15, -0.1) is 0 Å². The van der Waals surface area contributed by atoms with Crippen molar-refractivity contribution in [3.05, 3.63) is 0 Å². The molecule has 0 radical (unpaired) electrons. The zero-order valence-corrected chi connectivity index (χ0v) is 6.37. The van der Waals surface area contributed by atoms with Gasteiger partial charge in [-0.1, -0.05) is 0 Å². The maximum absolute atomic E-state index is 8.74. The van der Waals surface area contributed by atoms with E-state index in [0.29, 0.717) is 6.54 Å². The van der Waals surface area contributed by atoms with Crippen molar-refractivity contribution in [3.63, 3.8) is 0 Å². The van der Waals surface area contributed by atoms with Crippen LogP contribution in [0.1, 0.15) is 6.92 Å². The standard InChI is InChI=1S/C3H10N2.H2O4S/c1-3(5)2-4;1-5(2,3)4/h3H,2,4-5H2,1H3;(H2,1,2,3,4)/t3-;/m1./s1. The molecule has 0 spiro atoms. The third-order valence-electron chi connectivity index (χ3n) is 0.372. The highest BCUT2D eigenvalue weighted by Gasteiger charge is 1.84. The maximum atomic E-state index is 8.74. The Kier molecular flexibility index (Phi) is 6.94. The fraction of sp³-hybridized carbons (Fsp3) is 1.00. The summed E-state index contributed by atoms with van der Waals surface area (Å²) in [5.41, 5.74) is 10.2. The molecule has 64 valence electrons. The van der Waals surface area contributed by atoms with E-state index in [4.69, 9.17) is 29.0 Å². The molecule has 0 fully saturated rings. The summed E-state index contributed by atoms with van der Waals surface area (Å²) in [4.78, 5) is 0. The van der Waals surface area contributed by atoms with Crippen molar-refractivity contribution in [2.75, 3.05) is 6.54 Å². The summed E-state index contributed by atoms with van der Waals surface area (Å²) in [6.45, 7) is 2.46. The molecule has 0 saturated carbocycles. The van der Waals surface area contributed by atoms with Gasteiger partial charge in [0.15, 0.2) is 0 Å². The number of nitrogens with two attached hydrogens (primary N) is 2. The number of hydrogen-bond donors (Lipinski definition) is 4. The molecule has 0 amide bonds. The Hall–Kier alpha value is -0.210. The summed E-state index contributed by atoms with van der Waals surface area (Å²) in [6, 6.07) is 0.162. The SMILES string of the molecule is C[C@@H](N)CN.O=S(=O)(O)O. The van der Waals surface area contributed by atoms with Crippen LogP contribution in [-0.4, -0.2) is 30.1 Å². The Morgan fingerprint density at radius 2 is 1.60 bits per heavy atom. The average Bonchev–Trinajstić information content (AvgIpc) is 1.61. The zero-order valence-electron chi connectivity index (χ0n) is 5.56. The third-order valence-corrected chi connectivity index (χ3v) is 0.372.